The van der Waals surface area contributed by atoms with Gasteiger partial charge in [0.15, 0.2) is 0 Å². The molecule has 0 aromatic rings. The van der Waals surface area contributed by atoms with Gasteiger partial charge in [0, 0.05) is 6.54 Å². The SMILES string of the molecule is CCC(C)C(NC(=O)C(CCSC)NC(=O)C(N)CC(N)=O)C(=O)N1CCCC1C(=O)O. The first kappa shape index (κ1) is 27.7. The van der Waals surface area contributed by atoms with Crippen LogP contribution in [0.3, 0.4) is 0 Å². The third-order valence-electron chi connectivity index (χ3n) is 5.60. The third kappa shape index (κ3) is 7.97. The number of nitrogens with zero attached hydrogens (tertiary/aromatic N) is 1. The largest absolute Gasteiger partial charge is 0.480 e. The molecule has 12 heteroatoms. The van der Waals surface area contributed by atoms with Gasteiger partial charge in [0.2, 0.25) is 23.6 Å². The molecule has 0 aliphatic carbocycles. The van der Waals surface area contributed by atoms with E-state index in [2.05, 4.69) is 10.6 Å². The van der Waals surface area contributed by atoms with Crippen molar-refractivity contribution in [3.63, 3.8) is 0 Å². The molecule has 4 amide bonds. The molecule has 5 atom stereocenters. The van der Waals surface area contributed by atoms with E-state index in [4.69, 9.17) is 11.5 Å². The Morgan fingerprint density at radius 2 is 1.84 bits per heavy atom. The molecule has 0 spiro atoms. The first-order valence-electron chi connectivity index (χ1n) is 10.7. The summed E-state index contributed by atoms with van der Waals surface area (Å²) in [5, 5.41) is 14.7. The highest BCUT2D eigenvalue weighted by Crippen LogP contribution is 2.21. The average Bonchev–Trinajstić information content (AvgIpc) is 3.23. The minimum atomic E-state index is -1.19. The maximum Gasteiger partial charge on any atom is 0.326 e. The number of primary amides is 1. The molecule has 0 bridgehead atoms. The lowest BCUT2D eigenvalue weighted by molar-refractivity contribution is -0.150. The number of amides is 4. The summed E-state index contributed by atoms with van der Waals surface area (Å²) in [6.07, 6.45) is 3.29. The molecule has 1 fully saturated rings. The van der Waals surface area contributed by atoms with E-state index >= 15 is 0 Å². The standard InChI is InChI=1S/C20H35N5O6S/c1-4-11(2)16(19(29)25-8-5-6-14(25)20(30)31)24-18(28)13(7-9-32-3)23-17(27)12(21)10-15(22)26/h11-14,16H,4-10,21H2,1-3H3,(H2,22,26)(H,23,27)(H,24,28)(H,30,31). The Hall–Kier alpha value is -2.34. The minimum absolute atomic E-state index is 0.254. The second-order valence-corrected chi connectivity index (χ2v) is 9.00. The summed E-state index contributed by atoms with van der Waals surface area (Å²) >= 11 is 1.48. The summed E-state index contributed by atoms with van der Waals surface area (Å²) in [5.74, 6) is -3.21. The van der Waals surface area contributed by atoms with Gasteiger partial charge in [-0.1, -0.05) is 20.3 Å². The summed E-state index contributed by atoms with van der Waals surface area (Å²) < 4.78 is 0. The molecule has 1 aliphatic rings. The predicted molar refractivity (Wildman–Crippen MR) is 120 cm³/mol. The highest BCUT2D eigenvalue weighted by Gasteiger charge is 2.39. The quantitative estimate of drug-likeness (QED) is 0.226. The highest BCUT2D eigenvalue weighted by molar-refractivity contribution is 7.98. The van der Waals surface area contributed by atoms with E-state index in [0.717, 1.165) is 0 Å². The molecule has 5 unspecified atom stereocenters. The van der Waals surface area contributed by atoms with Gasteiger partial charge in [-0.15, -0.1) is 0 Å². The smallest absolute Gasteiger partial charge is 0.326 e. The maximum absolute atomic E-state index is 13.2. The Balaban J connectivity index is 3.00. The van der Waals surface area contributed by atoms with E-state index in [9.17, 15) is 29.1 Å². The number of hydrogen-bond donors (Lipinski definition) is 5. The van der Waals surface area contributed by atoms with Crippen LogP contribution in [0, 0.1) is 5.92 Å². The fourth-order valence-corrected chi connectivity index (χ4v) is 3.97. The number of nitrogens with two attached hydrogens (primary N) is 2. The second-order valence-electron chi connectivity index (χ2n) is 8.02. The molecular formula is C20H35N5O6S. The fourth-order valence-electron chi connectivity index (χ4n) is 3.50. The Morgan fingerprint density at radius 1 is 1.19 bits per heavy atom. The zero-order valence-corrected chi connectivity index (χ0v) is 19.7. The number of carbonyl (C=O) groups excluding carboxylic acids is 4. The van der Waals surface area contributed by atoms with Crippen molar-refractivity contribution in [2.45, 2.75) is 70.1 Å². The van der Waals surface area contributed by atoms with Gasteiger partial charge in [-0.05, 0) is 37.2 Å². The molecule has 1 rings (SSSR count). The summed E-state index contributed by atoms with van der Waals surface area (Å²) in [4.78, 5) is 62.4. The summed E-state index contributed by atoms with van der Waals surface area (Å²) in [5.41, 5.74) is 10.8. The van der Waals surface area contributed by atoms with Crippen molar-refractivity contribution in [1.82, 2.24) is 15.5 Å². The van der Waals surface area contributed by atoms with Crippen molar-refractivity contribution >= 4 is 41.4 Å². The van der Waals surface area contributed by atoms with Gasteiger partial charge in [0.05, 0.1) is 12.5 Å². The molecule has 32 heavy (non-hydrogen) atoms. The van der Waals surface area contributed by atoms with Crippen LogP contribution < -0.4 is 22.1 Å². The summed E-state index contributed by atoms with van der Waals surface area (Å²) in [6, 6.07) is -4.00. The zero-order valence-electron chi connectivity index (χ0n) is 18.8. The molecule has 0 aromatic carbocycles. The van der Waals surface area contributed by atoms with Crippen molar-refractivity contribution in [3.8, 4) is 0 Å². The molecule has 0 saturated carbocycles. The van der Waals surface area contributed by atoms with E-state index in [1.54, 1.807) is 6.92 Å². The lowest BCUT2D eigenvalue weighted by Crippen LogP contribution is -2.59. The molecule has 11 nitrogen and oxygen atoms in total. The number of aliphatic carboxylic acids is 1. The van der Waals surface area contributed by atoms with Gasteiger partial charge in [0.25, 0.3) is 0 Å². The molecular weight excluding hydrogens is 438 g/mol. The van der Waals surface area contributed by atoms with Crippen molar-refractivity contribution in [3.05, 3.63) is 0 Å². The lowest BCUT2D eigenvalue weighted by atomic mass is 9.96. The Bertz CT molecular complexity index is 706. The van der Waals surface area contributed by atoms with Crippen molar-refractivity contribution < 1.29 is 29.1 Å². The normalized spacial score (nSPS) is 19.5. The molecule has 1 saturated heterocycles. The number of carboxylic acids is 1. The lowest BCUT2D eigenvalue weighted by Gasteiger charge is -2.31. The number of nitrogens with one attached hydrogen (secondary N) is 2. The van der Waals surface area contributed by atoms with Gasteiger partial charge in [0.1, 0.15) is 18.1 Å². The van der Waals surface area contributed by atoms with E-state index < -0.39 is 53.8 Å². The minimum Gasteiger partial charge on any atom is -0.480 e. The molecule has 0 aromatic heterocycles. The summed E-state index contributed by atoms with van der Waals surface area (Å²) in [6.45, 7) is 3.98. The Kier molecular flexibility index (Phi) is 11.5. The van der Waals surface area contributed by atoms with E-state index in [1.165, 1.54) is 16.7 Å². The molecule has 1 aliphatic heterocycles. The topological polar surface area (TPSA) is 185 Å². The first-order chi connectivity index (χ1) is 15.0. The highest BCUT2D eigenvalue weighted by atomic mass is 32.2. The van der Waals surface area contributed by atoms with Crippen LogP contribution in [0.25, 0.3) is 0 Å². The van der Waals surface area contributed by atoms with Gasteiger partial charge in [-0.2, -0.15) is 11.8 Å². The second kappa shape index (κ2) is 13.3. The van der Waals surface area contributed by atoms with Crippen LogP contribution in [0.2, 0.25) is 0 Å². The number of thioether (sulfide) groups is 1. The number of likely N-dealkylation sites (tertiary alicyclic amines) is 1. The first-order valence-corrected chi connectivity index (χ1v) is 12.1. The number of rotatable bonds is 13. The van der Waals surface area contributed by atoms with E-state index in [1.807, 2.05) is 13.2 Å². The molecule has 1 heterocycles. The van der Waals surface area contributed by atoms with Gasteiger partial charge in [-0.3, -0.25) is 19.2 Å². The molecule has 0 radical (unpaired) electrons. The van der Waals surface area contributed by atoms with Crippen LogP contribution in [0.5, 0.6) is 0 Å². The maximum atomic E-state index is 13.2. The molecule has 182 valence electrons. The van der Waals surface area contributed by atoms with Crippen LogP contribution >= 0.6 is 11.8 Å². The van der Waals surface area contributed by atoms with Crippen LogP contribution in [0.4, 0.5) is 0 Å². The number of carboxylic acid groups (broad SMARTS) is 1. The van der Waals surface area contributed by atoms with Crippen LogP contribution in [0.1, 0.15) is 46.0 Å². The zero-order chi connectivity index (χ0) is 24.4. The van der Waals surface area contributed by atoms with Gasteiger partial charge >= 0.3 is 5.97 Å². The predicted octanol–water partition coefficient (Wildman–Crippen LogP) is -0.966. The van der Waals surface area contributed by atoms with Crippen LogP contribution in [0.15, 0.2) is 0 Å². The molecule has 7 N–H and O–H groups in total. The van der Waals surface area contributed by atoms with Gasteiger partial charge in [-0.25, -0.2) is 4.79 Å². The third-order valence-corrected chi connectivity index (χ3v) is 6.24. The van der Waals surface area contributed by atoms with Crippen molar-refractivity contribution in [2.75, 3.05) is 18.6 Å². The summed E-state index contributed by atoms with van der Waals surface area (Å²) in [7, 11) is 0. The van der Waals surface area contributed by atoms with Gasteiger partial charge < -0.3 is 32.1 Å². The Morgan fingerprint density at radius 3 is 2.38 bits per heavy atom. The van der Waals surface area contributed by atoms with Crippen molar-refractivity contribution in [2.24, 2.45) is 17.4 Å². The van der Waals surface area contributed by atoms with E-state index in [0.29, 0.717) is 31.6 Å². The number of carbonyl (C=O) groups is 5. The fraction of sp³-hybridized carbons (Fsp3) is 0.750. The van der Waals surface area contributed by atoms with E-state index in [-0.39, 0.29) is 18.8 Å². The number of hydrogen-bond acceptors (Lipinski definition) is 7. The van der Waals surface area contributed by atoms with Crippen molar-refractivity contribution in [1.29, 1.82) is 0 Å². The van der Waals surface area contributed by atoms with Crippen LogP contribution in [-0.4, -0.2) is 82.3 Å². The monoisotopic (exact) mass is 473 g/mol. The van der Waals surface area contributed by atoms with Crippen LogP contribution in [-0.2, 0) is 24.0 Å². The average molecular weight is 474 g/mol. The Labute approximate surface area is 192 Å².